The first-order valence-corrected chi connectivity index (χ1v) is 8.68. The maximum Gasteiger partial charge on any atom is 0.271 e. The summed E-state index contributed by atoms with van der Waals surface area (Å²) in [5, 5.41) is 2.73. The van der Waals surface area contributed by atoms with Gasteiger partial charge in [-0.2, -0.15) is 0 Å². The second-order valence-electron chi connectivity index (χ2n) is 6.67. The van der Waals surface area contributed by atoms with Crippen LogP contribution >= 0.6 is 0 Å². The highest BCUT2D eigenvalue weighted by Gasteiger charge is 2.24. The molecule has 0 unspecified atom stereocenters. The fourth-order valence-electron chi connectivity index (χ4n) is 3.07. The predicted molar refractivity (Wildman–Crippen MR) is 96.6 cm³/mol. The quantitative estimate of drug-likeness (QED) is 0.909. The van der Waals surface area contributed by atoms with Crippen LogP contribution in [0.25, 0.3) is 0 Å². The van der Waals surface area contributed by atoms with Crippen molar-refractivity contribution in [2.24, 2.45) is 0 Å². The molecular weight excluding hydrogens is 335 g/mol. The highest BCUT2D eigenvalue weighted by Crippen LogP contribution is 2.24. The fourth-order valence-corrected chi connectivity index (χ4v) is 3.07. The molecule has 26 heavy (non-hydrogen) atoms. The Balaban J connectivity index is 1.64. The van der Waals surface area contributed by atoms with E-state index in [1.807, 2.05) is 24.8 Å². The van der Waals surface area contributed by atoms with Crippen molar-refractivity contribution in [2.75, 3.05) is 18.0 Å². The lowest BCUT2D eigenvalue weighted by atomic mass is 10.1. The Morgan fingerprint density at radius 3 is 2.62 bits per heavy atom. The second kappa shape index (κ2) is 7.78. The molecule has 0 saturated carbocycles. The number of carbonyl (C=O) groups is 1. The first-order valence-electron chi connectivity index (χ1n) is 8.68. The topological polar surface area (TPSA) is 67.4 Å². The molecule has 0 bridgehead atoms. The van der Waals surface area contributed by atoms with Crippen molar-refractivity contribution in [2.45, 2.75) is 39.5 Å². The normalized spacial score (nSPS) is 20.1. The first kappa shape index (κ1) is 18.3. The number of anilines is 1. The Morgan fingerprint density at radius 1 is 1.27 bits per heavy atom. The molecule has 0 aliphatic carbocycles. The van der Waals surface area contributed by atoms with E-state index in [-0.39, 0.29) is 36.2 Å². The lowest BCUT2D eigenvalue weighted by Crippen LogP contribution is -2.45. The smallest absolute Gasteiger partial charge is 0.271 e. The molecule has 6 nitrogen and oxygen atoms in total. The average molecular weight is 358 g/mol. The van der Waals surface area contributed by atoms with E-state index in [9.17, 15) is 9.18 Å². The summed E-state index contributed by atoms with van der Waals surface area (Å²) in [5.41, 5.74) is 2.23. The molecule has 0 spiro atoms. The van der Waals surface area contributed by atoms with Gasteiger partial charge in [0.2, 0.25) is 0 Å². The van der Waals surface area contributed by atoms with E-state index >= 15 is 0 Å². The highest BCUT2D eigenvalue weighted by atomic mass is 19.1. The molecular formula is C19H23FN4O2. The SMILES string of the molecule is Cc1cnc(C(=O)NCc2ccc(N3C[C@@H](C)O[C@@H](C)C3)c(F)c2)cn1. The van der Waals surface area contributed by atoms with E-state index in [2.05, 4.69) is 15.3 Å². The van der Waals surface area contributed by atoms with Crippen LogP contribution in [0, 0.1) is 12.7 Å². The maximum atomic E-state index is 14.6. The van der Waals surface area contributed by atoms with Crippen LogP contribution < -0.4 is 10.2 Å². The zero-order valence-corrected chi connectivity index (χ0v) is 15.2. The Hall–Kier alpha value is -2.54. The van der Waals surface area contributed by atoms with Gasteiger partial charge in [-0.1, -0.05) is 6.07 Å². The van der Waals surface area contributed by atoms with Crippen molar-refractivity contribution >= 4 is 11.6 Å². The number of amides is 1. The zero-order chi connectivity index (χ0) is 18.7. The first-order chi connectivity index (χ1) is 12.4. The molecule has 1 aliphatic heterocycles. The van der Waals surface area contributed by atoms with Gasteiger partial charge in [-0.15, -0.1) is 0 Å². The molecule has 2 atom stereocenters. The number of benzene rings is 1. The number of carbonyl (C=O) groups excluding carboxylic acids is 1. The van der Waals surface area contributed by atoms with E-state index in [1.165, 1.54) is 18.5 Å². The zero-order valence-electron chi connectivity index (χ0n) is 15.2. The molecule has 3 rings (SSSR count). The lowest BCUT2D eigenvalue weighted by Gasteiger charge is -2.37. The molecule has 2 heterocycles. The molecule has 1 aliphatic rings. The van der Waals surface area contributed by atoms with Crippen LogP contribution in [0.5, 0.6) is 0 Å². The summed E-state index contributed by atoms with van der Waals surface area (Å²) < 4.78 is 20.3. The number of hydrogen-bond acceptors (Lipinski definition) is 5. The van der Waals surface area contributed by atoms with Gasteiger partial charge in [0.05, 0.1) is 29.8 Å². The number of morpholine rings is 1. The van der Waals surface area contributed by atoms with Crippen LogP contribution in [0.2, 0.25) is 0 Å². The minimum absolute atomic E-state index is 0.0627. The molecule has 1 aromatic heterocycles. The third-order valence-corrected chi connectivity index (χ3v) is 4.24. The molecule has 138 valence electrons. The summed E-state index contributed by atoms with van der Waals surface area (Å²) in [6, 6.07) is 5.04. The van der Waals surface area contributed by atoms with Crippen molar-refractivity contribution in [3.63, 3.8) is 0 Å². The van der Waals surface area contributed by atoms with Gasteiger partial charge < -0.3 is 15.0 Å². The monoisotopic (exact) mass is 358 g/mol. The summed E-state index contributed by atoms with van der Waals surface area (Å²) in [7, 11) is 0. The van der Waals surface area contributed by atoms with Crippen LogP contribution in [0.4, 0.5) is 10.1 Å². The third kappa shape index (κ3) is 4.35. The third-order valence-electron chi connectivity index (χ3n) is 4.24. The maximum absolute atomic E-state index is 14.6. The lowest BCUT2D eigenvalue weighted by molar-refractivity contribution is -0.00539. The molecule has 7 heteroatoms. The van der Waals surface area contributed by atoms with Crippen LogP contribution in [0.1, 0.15) is 35.6 Å². The number of ether oxygens (including phenoxy) is 1. The minimum Gasteiger partial charge on any atom is -0.372 e. The highest BCUT2D eigenvalue weighted by molar-refractivity contribution is 5.91. The second-order valence-corrected chi connectivity index (χ2v) is 6.67. The van der Waals surface area contributed by atoms with Crippen LogP contribution in [-0.2, 0) is 11.3 Å². The summed E-state index contributed by atoms with van der Waals surface area (Å²) in [4.78, 5) is 22.1. The Morgan fingerprint density at radius 2 is 2.00 bits per heavy atom. The Bertz CT molecular complexity index is 772. The summed E-state index contributed by atoms with van der Waals surface area (Å²) in [6.07, 6.45) is 3.09. The Kier molecular flexibility index (Phi) is 5.46. The number of aryl methyl sites for hydroxylation is 1. The number of hydrogen-bond donors (Lipinski definition) is 1. The average Bonchev–Trinajstić information content (AvgIpc) is 2.59. The van der Waals surface area contributed by atoms with Crippen molar-refractivity contribution in [3.05, 3.63) is 53.4 Å². The van der Waals surface area contributed by atoms with Crippen molar-refractivity contribution in [1.82, 2.24) is 15.3 Å². The van der Waals surface area contributed by atoms with Crippen molar-refractivity contribution in [3.8, 4) is 0 Å². The van der Waals surface area contributed by atoms with Gasteiger partial charge in [-0.3, -0.25) is 9.78 Å². The van der Waals surface area contributed by atoms with Crippen LogP contribution in [0.3, 0.4) is 0 Å². The number of halogens is 1. The summed E-state index contributed by atoms with van der Waals surface area (Å²) >= 11 is 0. The number of aromatic nitrogens is 2. The standard InChI is InChI=1S/C19H23FN4O2/c1-12-7-22-17(9-21-12)19(25)23-8-15-4-5-18(16(20)6-15)24-10-13(2)26-14(3)11-24/h4-7,9,13-14H,8,10-11H2,1-3H3,(H,23,25)/t13-,14+. The van der Waals surface area contributed by atoms with Crippen molar-refractivity contribution < 1.29 is 13.9 Å². The summed E-state index contributed by atoms with van der Waals surface area (Å²) in [5.74, 6) is -0.633. The molecule has 0 radical (unpaired) electrons. The molecule has 1 fully saturated rings. The predicted octanol–water partition coefficient (Wildman–Crippen LogP) is 2.47. The largest absolute Gasteiger partial charge is 0.372 e. The summed E-state index contributed by atoms with van der Waals surface area (Å²) in [6.45, 7) is 7.31. The molecule has 1 aromatic carbocycles. The van der Waals surface area contributed by atoms with E-state index in [0.29, 0.717) is 24.3 Å². The van der Waals surface area contributed by atoms with Gasteiger partial charge >= 0.3 is 0 Å². The van der Waals surface area contributed by atoms with Crippen LogP contribution in [0.15, 0.2) is 30.6 Å². The van der Waals surface area contributed by atoms with E-state index in [0.717, 1.165) is 5.69 Å². The van der Waals surface area contributed by atoms with Gasteiger partial charge in [-0.25, -0.2) is 9.37 Å². The molecule has 1 amide bonds. The van der Waals surface area contributed by atoms with E-state index < -0.39 is 0 Å². The minimum atomic E-state index is -0.335. The van der Waals surface area contributed by atoms with Gasteiger partial charge in [0.15, 0.2) is 0 Å². The number of rotatable bonds is 4. The van der Waals surface area contributed by atoms with Crippen LogP contribution in [-0.4, -0.2) is 41.2 Å². The van der Waals surface area contributed by atoms with Gasteiger partial charge in [-0.05, 0) is 38.5 Å². The Labute approximate surface area is 152 Å². The van der Waals surface area contributed by atoms with E-state index in [4.69, 9.17) is 4.74 Å². The molecule has 2 aromatic rings. The molecule has 1 saturated heterocycles. The number of nitrogens with zero attached hydrogens (tertiary/aromatic N) is 3. The van der Waals surface area contributed by atoms with E-state index in [1.54, 1.807) is 13.0 Å². The van der Waals surface area contributed by atoms with Gasteiger partial charge in [0.25, 0.3) is 5.91 Å². The van der Waals surface area contributed by atoms with Gasteiger partial charge in [0, 0.05) is 25.8 Å². The fraction of sp³-hybridized carbons (Fsp3) is 0.421. The number of nitrogens with one attached hydrogen (secondary N) is 1. The molecule has 1 N–H and O–H groups in total. The van der Waals surface area contributed by atoms with Gasteiger partial charge in [0.1, 0.15) is 11.5 Å². The van der Waals surface area contributed by atoms with Crippen molar-refractivity contribution in [1.29, 1.82) is 0 Å².